The quantitative estimate of drug-likeness (QED) is 0.738. The van der Waals surface area contributed by atoms with Crippen LogP contribution < -0.4 is 0 Å². The lowest BCUT2D eigenvalue weighted by Gasteiger charge is -2.22. The number of hydrogen-bond acceptors (Lipinski definition) is 3. The highest BCUT2D eigenvalue weighted by Gasteiger charge is 2.22. The monoisotopic (exact) mass is 365 g/mol. The zero-order valence-corrected chi connectivity index (χ0v) is 15.1. The Bertz CT molecular complexity index is 931. The van der Waals surface area contributed by atoms with E-state index >= 15 is 0 Å². The third-order valence-corrected chi connectivity index (χ3v) is 5.06. The van der Waals surface area contributed by atoms with E-state index in [2.05, 4.69) is 15.0 Å². The molecule has 0 unspecified atom stereocenters. The average Bonchev–Trinajstić information content (AvgIpc) is 3.27. The van der Waals surface area contributed by atoms with E-state index in [4.69, 9.17) is 0 Å². The van der Waals surface area contributed by atoms with Gasteiger partial charge in [-0.3, -0.25) is 9.59 Å². The Morgan fingerprint density at radius 2 is 1.70 bits per heavy atom. The van der Waals surface area contributed by atoms with Crippen LogP contribution in [0, 0.1) is 0 Å². The summed E-state index contributed by atoms with van der Waals surface area (Å²) in [7, 11) is 0. The van der Waals surface area contributed by atoms with Gasteiger partial charge in [0, 0.05) is 38.6 Å². The third kappa shape index (κ3) is 4.02. The first-order chi connectivity index (χ1) is 13.2. The zero-order chi connectivity index (χ0) is 18.6. The van der Waals surface area contributed by atoms with Crippen LogP contribution in [0.3, 0.4) is 0 Å². The summed E-state index contributed by atoms with van der Waals surface area (Å²) in [5, 5.41) is 0. The van der Waals surface area contributed by atoms with Crippen LogP contribution >= 0.6 is 0 Å². The molecule has 1 aromatic carbocycles. The maximum Gasteiger partial charge on any atom is 0.227 e. The van der Waals surface area contributed by atoms with Gasteiger partial charge < -0.3 is 19.8 Å². The second kappa shape index (κ2) is 7.65. The predicted octanol–water partition coefficient (Wildman–Crippen LogP) is 1.74. The van der Waals surface area contributed by atoms with Crippen LogP contribution in [-0.4, -0.2) is 62.7 Å². The number of hydrogen-bond donors (Lipinski definition) is 2. The number of amides is 2. The minimum Gasteiger partial charge on any atom is -0.367 e. The fraction of sp³-hybridized carbons (Fsp3) is 0.350. The highest BCUT2D eigenvalue weighted by Crippen LogP contribution is 2.14. The molecule has 1 saturated heterocycles. The van der Waals surface area contributed by atoms with Crippen LogP contribution in [0.15, 0.2) is 43.0 Å². The molecule has 27 heavy (non-hydrogen) atoms. The maximum atomic E-state index is 12.7. The van der Waals surface area contributed by atoms with Gasteiger partial charge in [-0.05, 0) is 35.7 Å². The first-order valence-electron chi connectivity index (χ1n) is 9.28. The van der Waals surface area contributed by atoms with Gasteiger partial charge in [-0.2, -0.15) is 0 Å². The molecule has 0 aliphatic carbocycles. The maximum absolute atomic E-state index is 12.7. The number of benzene rings is 1. The number of carbonyl (C=O) groups excluding carboxylic acids is 2. The summed E-state index contributed by atoms with van der Waals surface area (Å²) in [6, 6.07) is 7.77. The second-order valence-corrected chi connectivity index (χ2v) is 6.94. The molecule has 0 atom stereocenters. The van der Waals surface area contributed by atoms with E-state index in [0.717, 1.165) is 28.6 Å². The van der Waals surface area contributed by atoms with Crippen LogP contribution in [0.1, 0.15) is 17.5 Å². The van der Waals surface area contributed by atoms with Crippen molar-refractivity contribution in [3.8, 4) is 0 Å². The second-order valence-electron chi connectivity index (χ2n) is 6.94. The summed E-state index contributed by atoms with van der Waals surface area (Å²) in [6.45, 7) is 2.57. The van der Waals surface area contributed by atoms with Crippen molar-refractivity contribution < 1.29 is 9.59 Å². The first-order valence-corrected chi connectivity index (χ1v) is 9.28. The molecule has 3 heterocycles. The Labute approximate surface area is 157 Å². The summed E-state index contributed by atoms with van der Waals surface area (Å²) >= 11 is 0. The molecule has 3 aromatic rings. The minimum atomic E-state index is 0.105. The number of nitrogens with zero attached hydrogens (tertiary/aromatic N) is 3. The molecule has 2 N–H and O–H groups in total. The van der Waals surface area contributed by atoms with Gasteiger partial charge in [-0.1, -0.05) is 6.07 Å². The zero-order valence-electron chi connectivity index (χ0n) is 15.1. The Morgan fingerprint density at radius 1 is 0.963 bits per heavy atom. The molecular formula is C20H23N5O2. The Hall–Kier alpha value is -3.09. The van der Waals surface area contributed by atoms with Crippen molar-refractivity contribution in [2.24, 2.45) is 0 Å². The number of H-pyrrole nitrogens is 2. The van der Waals surface area contributed by atoms with Gasteiger partial charge in [0.2, 0.25) is 11.8 Å². The van der Waals surface area contributed by atoms with E-state index < -0.39 is 0 Å². The van der Waals surface area contributed by atoms with Crippen molar-refractivity contribution in [2.45, 2.75) is 19.3 Å². The summed E-state index contributed by atoms with van der Waals surface area (Å²) in [5.74, 6) is 0.224. The Kier molecular flexibility index (Phi) is 4.91. The summed E-state index contributed by atoms with van der Waals surface area (Å²) < 4.78 is 0. The molecule has 0 spiro atoms. The van der Waals surface area contributed by atoms with Crippen LogP contribution in [-0.2, 0) is 22.4 Å². The van der Waals surface area contributed by atoms with E-state index in [0.29, 0.717) is 39.0 Å². The molecule has 7 heteroatoms. The smallest absolute Gasteiger partial charge is 0.227 e. The number of aromatic nitrogens is 3. The van der Waals surface area contributed by atoms with Gasteiger partial charge in [-0.15, -0.1) is 0 Å². The van der Waals surface area contributed by atoms with Gasteiger partial charge in [0.1, 0.15) is 0 Å². The van der Waals surface area contributed by atoms with Crippen LogP contribution in [0.4, 0.5) is 0 Å². The molecule has 0 radical (unpaired) electrons. The number of fused-ring (bicyclic) bond motifs is 1. The average molecular weight is 365 g/mol. The summed E-state index contributed by atoms with van der Waals surface area (Å²) in [4.78, 5) is 39.2. The van der Waals surface area contributed by atoms with Crippen LogP contribution in [0.5, 0.6) is 0 Å². The first kappa shape index (κ1) is 17.3. The van der Waals surface area contributed by atoms with Crippen molar-refractivity contribution in [2.75, 3.05) is 26.2 Å². The third-order valence-electron chi connectivity index (χ3n) is 5.06. The molecule has 1 aliphatic rings. The van der Waals surface area contributed by atoms with Gasteiger partial charge in [0.05, 0.1) is 30.2 Å². The largest absolute Gasteiger partial charge is 0.367 e. The number of imidazole rings is 1. The van der Waals surface area contributed by atoms with E-state index in [1.54, 1.807) is 6.33 Å². The molecular weight excluding hydrogens is 342 g/mol. The fourth-order valence-electron chi connectivity index (χ4n) is 3.55. The molecule has 0 bridgehead atoms. The van der Waals surface area contributed by atoms with Crippen LogP contribution in [0.2, 0.25) is 0 Å². The summed E-state index contributed by atoms with van der Waals surface area (Å²) in [5.41, 5.74) is 3.81. The highest BCUT2D eigenvalue weighted by molar-refractivity contribution is 5.82. The molecule has 0 saturated carbocycles. The standard InChI is InChI=1S/C20H23N5O2/c26-19(11-15-2-3-17-18(10-15)23-14-22-17)24-6-1-7-25(9-8-24)20(27)12-16-4-5-21-13-16/h2-5,10,13-14,21H,1,6-9,11-12H2,(H,22,23). The Morgan fingerprint density at radius 3 is 2.41 bits per heavy atom. The molecule has 1 aliphatic heterocycles. The summed E-state index contributed by atoms with van der Waals surface area (Å²) in [6.07, 6.45) is 6.91. The lowest BCUT2D eigenvalue weighted by molar-refractivity contribution is -0.132. The number of rotatable bonds is 4. The molecule has 2 aromatic heterocycles. The lowest BCUT2D eigenvalue weighted by atomic mass is 10.1. The molecule has 2 amide bonds. The molecule has 1 fully saturated rings. The number of nitrogens with one attached hydrogen (secondary N) is 2. The normalized spacial score (nSPS) is 15.1. The van der Waals surface area contributed by atoms with Crippen molar-refractivity contribution >= 4 is 22.8 Å². The highest BCUT2D eigenvalue weighted by atomic mass is 16.2. The van der Waals surface area contributed by atoms with E-state index in [9.17, 15) is 9.59 Å². The van der Waals surface area contributed by atoms with Crippen molar-refractivity contribution in [1.29, 1.82) is 0 Å². The van der Waals surface area contributed by atoms with Crippen LogP contribution in [0.25, 0.3) is 11.0 Å². The van der Waals surface area contributed by atoms with Crippen molar-refractivity contribution in [3.63, 3.8) is 0 Å². The Balaban J connectivity index is 1.34. The van der Waals surface area contributed by atoms with E-state index in [1.165, 1.54) is 0 Å². The number of aromatic amines is 2. The van der Waals surface area contributed by atoms with Crippen molar-refractivity contribution in [1.82, 2.24) is 24.8 Å². The van der Waals surface area contributed by atoms with E-state index in [-0.39, 0.29) is 11.8 Å². The SMILES string of the molecule is O=C(Cc1cc[nH]c1)N1CCCN(C(=O)Cc2ccc3nc[nH]c3c2)CC1. The molecule has 7 nitrogen and oxygen atoms in total. The topological polar surface area (TPSA) is 85.1 Å². The van der Waals surface area contributed by atoms with E-state index in [1.807, 2.05) is 46.5 Å². The molecule has 4 rings (SSSR count). The van der Waals surface area contributed by atoms with Gasteiger partial charge in [0.25, 0.3) is 0 Å². The lowest BCUT2D eigenvalue weighted by Crippen LogP contribution is -2.38. The van der Waals surface area contributed by atoms with Gasteiger partial charge in [0.15, 0.2) is 0 Å². The predicted molar refractivity (Wildman–Crippen MR) is 102 cm³/mol. The fourth-order valence-corrected chi connectivity index (χ4v) is 3.55. The van der Waals surface area contributed by atoms with Crippen molar-refractivity contribution in [3.05, 3.63) is 54.1 Å². The number of carbonyl (C=O) groups is 2. The molecule has 140 valence electrons. The minimum absolute atomic E-state index is 0.105. The van der Waals surface area contributed by atoms with Gasteiger partial charge >= 0.3 is 0 Å². The van der Waals surface area contributed by atoms with Gasteiger partial charge in [-0.25, -0.2) is 4.98 Å².